The van der Waals surface area contributed by atoms with Gasteiger partial charge in [0, 0.05) is 0 Å². The monoisotopic (exact) mass is 342 g/mol. The standard InChI is InChI=1S/C20H26O3Si/c1-16(15-19(21)22)23-24(20(2,3)4,17-11-7-5-8-12-17)18-13-9-6-10-14-18/h5-14,16H,15H2,1-4H3,(H,21,22). The van der Waals surface area contributed by atoms with Crippen molar-refractivity contribution >= 4 is 24.7 Å². The first-order valence-corrected chi connectivity index (χ1v) is 10.2. The minimum absolute atomic E-state index is 0.00446. The van der Waals surface area contributed by atoms with E-state index < -0.39 is 14.3 Å². The van der Waals surface area contributed by atoms with Crippen LogP contribution in [-0.4, -0.2) is 25.5 Å². The van der Waals surface area contributed by atoms with E-state index in [1.807, 2.05) is 43.3 Å². The van der Waals surface area contributed by atoms with Gasteiger partial charge in [-0.2, -0.15) is 0 Å². The first-order valence-electron chi connectivity index (χ1n) is 8.28. The minimum Gasteiger partial charge on any atom is -0.481 e. The Morgan fingerprint density at radius 2 is 1.42 bits per heavy atom. The maximum Gasteiger partial charge on any atom is 0.305 e. The molecule has 3 nitrogen and oxygen atoms in total. The van der Waals surface area contributed by atoms with Crippen molar-refractivity contribution in [3.8, 4) is 0 Å². The number of benzene rings is 2. The molecule has 0 spiro atoms. The second-order valence-corrected chi connectivity index (χ2v) is 11.4. The molecule has 2 rings (SSSR count). The summed E-state index contributed by atoms with van der Waals surface area (Å²) in [6.07, 6.45) is -0.348. The highest BCUT2D eigenvalue weighted by Crippen LogP contribution is 2.37. The Labute approximate surface area is 145 Å². The van der Waals surface area contributed by atoms with Crippen LogP contribution in [-0.2, 0) is 9.22 Å². The van der Waals surface area contributed by atoms with Crippen molar-refractivity contribution in [1.29, 1.82) is 0 Å². The second-order valence-electron chi connectivity index (χ2n) is 7.19. The van der Waals surface area contributed by atoms with E-state index in [2.05, 4.69) is 45.0 Å². The third kappa shape index (κ3) is 3.76. The molecule has 2 aromatic rings. The van der Waals surface area contributed by atoms with Gasteiger partial charge in [0.25, 0.3) is 8.32 Å². The Morgan fingerprint density at radius 1 is 1.00 bits per heavy atom. The summed E-state index contributed by atoms with van der Waals surface area (Å²) in [5.41, 5.74) is 0. The van der Waals surface area contributed by atoms with E-state index in [1.54, 1.807) is 0 Å². The number of rotatable bonds is 6. The van der Waals surface area contributed by atoms with Crippen LogP contribution in [0.25, 0.3) is 0 Å². The van der Waals surface area contributed by atoms with Gasteiger partial charge < -0.3 is 9.53 Å². The van der Waals surface area contributed by atoms with Crippen LogP contribution in [0.1, 0.15) is 34.1 Å². The molecule has 2 aromatic carbocycles. The van der Waals surface area contributed by atoms with Crippen LogP contribution < -0.4 is 10.4 Å². The number of carboxylic acid groups (broad SMARTS) is 1. The molecular formula is C20H26O3Si. The quantitative estimate of drug-likeness (QED) is 0.818. The predicted octanol–water partition coefficient (Wildman–Crippen LogP) is 3.43. The highest BCUT2D eigenvalue weighted by molar-refractivity contribution is 6.99. The highest BCUT2D eigenvalue weighted by Gasteiger charge is 2.51. The summed E-state index contributed by atoms with van der Waals surface area (Å²) in [6.45, 7) is 8.42. The van der Waals surface area contributed by atoms with Crippen molar-refractivity contribution in [2.45, 2.75) is 45.3 Å². The lowest BCUT2D eigenvalue weighted by molar-refractivity contribution is -0.138. The van der Waals surface area contributed by atoms with Crippen molar-refractivity contribution in [2.24, 2.45) is 0 Å². The maximum absolute atomic E-state index is 11.2. The summed E-state index contributed by atoms with van der Waals surface area (Å²) in [6, 6.07) is 20.5. The van der Waals surface area contributed by atoms with Crippen LogP contribution in [0.15, 0.2) is 60.7 Å². The fourth-order valence-corrected chi connectivity index (χ4v) is 7.98. The molecule has 0 aromatic heterocycles. The lowest BCUT2D eigenvalue weighted by atomic mass is 10.2. The Morgan fingerprint density at radius 3 is 1.75 bits per heavy atom. The molecule has 128 valence electrons. The van der Waals surface area contributed by atoms with Crippen LogP contribution in [0, 0.1) is 0 Å². The number of aliphatic carboxylic acids is 1. The molecule has 24 heavy (non-hydrogen) atoms. The molecule has 0 saturated carbocycles. The van der Waals surface area contributed by atoms with E-state index in [0.717, 1.165) is 0 Å². The molecule has 0 aliphatic carbocycles. The zero-order chi connectivity index (χ0) is 17.8. The fourth-order valence-electron chi connectivity index (χ4n) is 3.28. The first-order chi connectivity index (χ1) is 11.3. The molecular weight excluding hydrogens is 316 g/mol. The highest BCUT2D eigenvalue weighted by atomic mass is 28.4. The molecule has 0 radical (unpaired) electrons. The van der Waals surface area contributed by atoms with Gasteiger partial charge in [0.05, 0.1) is 12.5 Å². The molecule has 0 aliphatic rings. The summed E-state index contributed by atoms with van der Waals surface area (Å²) >= 11 is 0. The topological polar surface area (TPSA) is 46.5 Å². The third-order valence-corrected chi connectivity index (χ3v) is 9.42. The Hall–Kier alpha value is -1.91. The summed E-state index contributed by atoms with van der Waals surface area (Å²) in [5, 5.41) is 11.4. The molecule has 1 unspecified atom stereocenters. The van der Waals surface area contributed by atoms with E-state index in [-0.39, 0.29) is 17.6 Å². The van der Waals surface area contributed by atoms with Crippen LogP contribution in [0.3, 0.4) is 0 Å². The largest absolute Gasteiger partial charge is 0.481 e. The summed E-state index contributed by atoms with van der Waals surface area (Å²) < 4.78 is 6.64. The summed E-state index contributed by atoms with van der Waals surface area (Å²) in [5.74, 6) is -0.833. The van der Waals surface area contributed by atoms with Crippen LogP contribution in [0.4, 0.5) is 0 Å². The van der Waals surface area contributed by atoms with Crippen molar-refractivity contribution in [3.05, 3.63) is 60.7 Å². The fraction of sp³-hybridized carbons (Fsp3) is 0.350. The average molecular weight is 343 g/mol. The molecule has 0 amide bonds. The van der Waals surface area contributed by atoms with Gasteiger partial charge in [-0.05, 0) is 22.3 Å². The lowest BCUT2D eigenvalue weighted by Gasteiger charge is -2.44. The second kappa shape index (κ2) is 7.32. The predicted molar refractivity (Wildman–Crippen MR) is 100 cm³/mol. The number of carboxylic acids is 1. The summed E-state index contributed by atoms with van der Waals surface area (Å²) in [4.78, 5) is 11.2. The van der Waals surface area contributed by atoms with Gasteiger partial charge in [-0.25, -0.2) is 0 Å². The van der Waals surface area contributed by atoms with Gasteiger partial charge in [0.1, 0.15) is 0 Å². The SMILES string of the molecule is CC(CC(=O)O)O[Si](c1ccccc1)(c1ccccc1)C(C)(C)C. The van der Waals surface area contributed by atoms with E-state index in [1.165, 1.54) is 10.4 Å². The molecule has 0 bridgehead atoms. The van der Waals surface area contributed by atoms with Crippen molar-refractivity contribution in [2.75, 3.05) is 0 Å². The molecule has 0 fully saturated rings. The Kier molecular flexibility index (Phi) is 5.62. The van der Waals surface area contributed by atoms with Gasteiger partial charge in [-0.15, -0.1) is 0 Å². The van der Waals surface area contributed by atoms with Crippen molar-refractivity contribution in [1.82, 2.24) is 0 Å². The van der Waals surface area contributed by atoms with E-state index in [4.69, 9.17) is 9.53 Å². The zero-order valence-electron chi connectivity index (χ0n) is 14.8. The van der Waals surface area contributed by atoms with Crippen LogP contribution in [0.5, 0.6) is 0 Å². The average Bonchev–Trinajstić information content (AvgIpc) is 2.52. The molecule has 0 saturated heterocycles. The first kappa shape index (κ1) is 18.4. The molecule has 0 aliphatic heterocycles. The van der Waals surface area contributed by atoms with E-state index in [9.17, 15) is 4.79 Å². The number of carbonyl (C=O) groups is 1. The van der Waals surface area contributed by atoms with E-state index in [0.29, 0.717) is 0 Å². The van der Waals surface area contributed by atoms with Crippen LogP contribution >= 0.6 is 0 Å². The van der Waals surface area contributed by atoms with Gasteiger partial charge in [-0.3, -0.25) is 4.79 Å². The maximum atomic E-state index is 11.2. The number of hydrogen-bond donors (Lipinski definition) is 1. The minimum atomic E-state index is -2.64. The molecule has 1 atom stereocenters. The number of hydrogen-bond acceptors (Lipinski definition) is 2. The van der Waals surface area contributed by atoms with Crippen molar-refractivity contribution < 1.29 is 14.3 Å². The zero-order valence-corrected chi connectivity index (χ0v) is 15.8. The van der Waals surface area contributed by atoms with Gasteiger partial charge in [-0.1, -0.05) is 81.4 Å². The molecule has 1 N–H and O–H groups in total. The molecule has 4 heteroatoms. The van der Waals surface area contributed by atoms with Gasteiger partial charge >= 0.3 is 5.97 Å². The normalized spacial score (nSPS) is 13.5. The smallest absolute Gasteiger partial charge is 0.305 e. The Balaban J connectivity index is 2.64. The third-order valence-electron chi connectivity index (χ3n) is 4.26. The van der Waals surface area contributed by atoms with Gasteiger partial charge in [0.2, 0.25) is 0 Å². The summed E-state index contributed by atoms with van der Waals surface area (Å²) in [7, 11) is -2.64. The van der Waals surface area contributed by atoms with Crippen molar-refractivity contribution in [3.63, 3.8) is 0 Å². The lowest BCUT2D eigenvalue weighted by Crippen LogP contribution is -2.67. The van der Waals surface area contributed by atoms with E-state index >= 15 is 0 Å². The molecule has 0 heterocycles. The van der Waals surface area contributed by atoms with Crippen LogP contribution in [0.2, 0.25) is 5.04 Å². The Bertz CT molecular complexity index is 623. The van der Waals surface area contributed by atoms with Gasteiger partial charge in [0.15, 0.2) is 0 Å².